The fourth-order valence-electron chi connectivity index (χ4n) is 1.68. The summed E-state index contributed by atoms with van der Waals surface area (Å²) in [5, 5.41) is 5.99. The molecule has 3 N–H and O–H groups in total. The van der Waals surface area contributed by atoms with Gasteiger partial charge in [-0.15, -0.1) is 0 Å². The van der Waals surface area contributed by atoms with Gasteiger partial charge in [0.25, 0.3) is 5.91 Å². The first-order valence-corrected chi connectivity index (χ1v) is 5.90. The van der Waals surface area contributed by atoms with Gasteiger partial charge in [-0.05, 0) is 19.1 Å². The van der Waals surface area contributed by atoms with Gasteiger partial charge in [0, 0.05) is 24.6 Å². The quantitative estimate of drug-likeness (QED) is 0.750. The molecule has 0 bridgehead atoms. The Morgan fingerprint density at radius 1 is 1.39 bits per heavy atom. The second-order valence-corrected chi connectivity index (χ2v) is 3.79. The van der Waals surface area contributed by atoms with Crippen molar-refractivity contribution in [3.05, 3.63) is 48.0 Å². The highest BCUT2D eigenvalue weighted by Crippen LogP contribution is 2.14. The molecule has 1 aromatic heterocycles. The van der Waals surface area contributed by atoms with Crippen molar-refractivity contribution in [2.75, 3.05) is 11.9 Å². The maximum Gasteiger partial charge on any atom is 0.253 e. The third-order valence-corrected chi connectivity index (χ3v) is 2.51. The third kappa shape index (κ3) is 2.88. The number of H-pyrrole nitrogens is 1. The molecule has 0 saturated heterocycles. The van der Waals surface area contributed by atoms with Crippen molar-refractivity contribution in [1.82, 2.24) is 15.3 Å². The Morgan fingerprint density at radius 3 is 2.94 bits per heavy atom. The summed E-state index contributed by atoms with van der Waals surface area (Å²) in [6.45, 7) is 3.17. The van der Waals surface area contributed by atoms with Crippen LogP contribution in [0.2, 0.25) is 0 Å². The molecule has 5 heteroatoms. The van der Waals surface area contributed by atoms with Crippen LogP contribution in [-0.2, 0) is 6.54 Å². The monoisotopic (exact) mass is 244 g/mol. The summed E-state index contributed by atoms with van der Waals surface area (Å²) in [6.07, 6.45) is 3.39. The summed E-state index contributed by atoms with van der Waals surface area (Å²) >= 11 is 0. The molecule has 5 nitrogen and oxygen atoms in total. The molecule has 1 aromatic carbocycles. The topological polar surface area (TPSA) is 69.8 Å². The molecule has 2 rings (SSSR count). The van der Waals surface area contributed by atoms with Crippen molar-refractivity contribution in [3.8, 4) is 0 Å². The number of benzene rings is 1. The van der Waals surface area contributed by atoms with E-state index in [1.165, 1.54) is 0 Å². The Kier molecular flexibility index (Phi) is 3.96. The Labute approximate surface area is 106 Å². The zero-order valence-corrected chi connectivity index (χ0v) is 10.2. The van der Waals surface area contributed by atoms with Gasteiger partial charge in [-0.3, -0.25) is 4.79 Å². The lowest BCUT2D eigenvalue weighted by Crippen LogP contribution is -2.24. The van der Waals surface area contributed by atoms with E-state index in [1.807, 2.05) is 25.1 Å². The lowest BCUT2D eigenvalue weighted by atomic mass is 10.1. The van der Waals surface area contributed by atoms with Gasteiger partial charge >= 0.3 is 0 Å². The predicted octanol–water partition coefficient (Wildman–Crippen LogP) is 1.77. The average molecular weight is 244 g/mol. The van der Waals surface area contributed by atoms with Crippen LogP contribution < -0.4 is 10.6 Å². The number of imidazole rings is 1. The molecule has 0 unspecified atom stereocenters. The summed E-state index contributed by atoms with van der Waals surface area (Å²) in [4.78, 5) is 19.0. The van der Waals surface area contributed by atoms with Crippen LogP contribution in [0.3, 0.4) is 0 Å². The van der Waals surface area contributed by atoms with Gasteiger partial charge in [-0.25, -0.2) is 4.98 Å². The Balaban J connectivity index is 2.04. The molecule has 94 valence electrons. The number of rotatable bonds is 5. The molecule has 0 atom stereocenters. The minimum absolute atomic E-state index is 0.108. The SMILES string of the molecule is CCNc1ccccc1C(=O)NCc1ncc[nH]1. The van der Waals surface area contributed by atoms with Crippen molar-refractivity contribution in [1.29, 1.82) is 0 Å². The summed E-state index contributed by atoms with van der Waals surface area (Å²) in [5.74, 6) is 0.632. The molecule has 0 fully saturated rings. The number of hydrogen-bond acceptors (Lipinski definition) is 3. The lowest BCUT2D eigenvalue weighted by Gasteiger charge is -2.10. The molecule has 1 heterocycles. The highest BCUT2D eigenvalue weighted by molar-refractivity contribution is 5.99. The normalized spacial score (nSPS) is 10.1. The number of carbonyl (C=O) groups is 1. The van der Waals surface area contributed by atoms with Crippen molar-refractivity contribution >= 4 is 11.6 Å². The Morgan fingerprint density at radius 2 is 2.22 bits per heavy atom. The van der Waals surface area contributed by atoms with Gasteiger partial charge in [0.15, 0.2) is 0 Å². The summed E-state index contributed by atoms with van der Waals surface area (Å²) in [6, 6.07) is 7.45. The molecule has 0 saturated carbocycles. The minimum atomic E-state index is -0.108. The van der Waals surface area contributed by atoms with E-state index >= 15 is 0 Å². The molecule has 1 amide bonds. The zero-order chi connectivity index (χ0) is 12.8. The summed E-state index contributed by atoms with van der Waals surface area (Å²) < 4.78 is 0. The number of nitrogens with one attached hydrogen (secondary N) is 3. The van der Waals surface area contributed by atoms with Gasteiger partial charge in [-0.1, -0.05) is 12.1 Å². The fraction of sp³-hybridized carbons (Fsp3) is 0.231. The highest BCUT2D eigenvalue weighted by atomic mass is 16.1. The van der Waals surface area contributed by atoms with E-state index in [1.54, 1.807) is 18.5 Å². The summed E-state index contributed by atoms with van der Waals surface area (Å²) in [5.41, 5.74) is 1.49. The molecule has 18 heavy (non-hydrogen) atoms. The van der Waals surface area contributed by atoms with Crippen molar-refractivity contribution in [2.24, 2.45) is 0 Å². The third-order valence-electron chi connectivity index (χ3n) is 2.51. The number of aromatic amines is 1. The number of hydrogen-bond donors (Lipinski definition) is 3. The standard InChI is InChI=1S/C13H16N4O/c1-2-14-11-6-4-3-5-10(11)13(18)17-9-12-15-7-8-16-12/h3-8,14H,2,9H2,1H3,(H,15,16)(H,17,18). The van der Waals surface area contributed by atoms with E-state index in [4.69, 9.17) is 0 Å². The van der Waals surface area contributed by atoms with E-state index in [2.05, 4.69) is 20.6 Å². The predicted molar refractivity (Wildman–Crippen MR) is 70.4 cm³/mol. The molecule has 0 aliphatic heterocycles. The number of nitrogens with zero attached hydrogens (tertiary/aromatic N) is 1. The van der Waals surface area contributed by atoms with Crippen LogP contribution in [0.15, 0.2) is 36.7 Å². The molecular formula is C13H16N4O. The largest absolute Gasteiger partial charge is 0.385 e. The van der Waals surface area contributed by atoms with Gasteiger partial charge in [0.2, 0.25) is 0 Å². The van der Waals surface area contributed by atoms with E-state index in [0.717, 1.165) is 18.1 Å². The smallest absolute Gasteiger partial charge is 0.253 e. The van der Waals surface area contributed by atoms with Gasteiger partial charge in [-0.2, -0.15) is 0 Å². The number of carbonyl (C=O) groups excluding carboxylic acids is 1. The lowest BCUT2D eigenvalue weighted by molar-refractivity contribution is 0.0951. The number of para-hydroxylation sites is 1. The van der Waals surface area contributed by atoms with Crippen molar-refractivity contribution in [3.63, 3.8) is 0 Å². The molecular weight excluding hydrogens is 228 g/mol. The molecule has 0 aliphatic carbocycles. The highest BCUT2D eigenvalue weighted by Gasteiger charge is 2.10. The van der Waals surface area contributed by atoms with E-state index < -0.39 is 0 Å². The van der Waals surface area contributed by atoms with Crippen molar-refractivity contribution in [2.45, 2.75) is 13.5 Å². The van der Waals surface area contributed by atoms with Crippen LogP contribution in [0.1, 0.15) is 23.1 Å². The zero-order valence-electron chi connectivity index (χ0n) is 10.2. The minimum Gasteiger partial charge on any atom is -0.385 e. The van der Waals surface area contributed by atoms with E-state index in [9.17, 15) is 4.79 Å². The molecule has 0 radical (unpaired) electrons. The second-order valence-electron chi connectivity index (χ2n) is 3.79. The fourth-order valence-corrected chi connectivity index (χ4v) is 1.68. The van der Waals surface area contributed by atoms with Gasteiger partial charge in [0.1, 0.15) is 5.82 Å². The Bertz CT molecular complexity index is 507. The van der Waals surface area contributed by atoms with Crippen LogP contribution in [0, 0.1) is 0 Å². The second kappa shape index (κ2) is 5.86. The number of aromatic nitrogens is 2. The van der Waals surface area contributed by atoms with Crippen LogP contribution in [0.25, 0.3) is 0 Å². The maximum absolute atomic E-state index is 12.0. The number of anilines is 1. The summed E-state index contributed by atoms with van der Waals surface area (Å²) in [7, 11) is 0. The van der Waals surface area contributed by atoms with Crippen LogP contribution in [0.4, 0.5) is 5.69 Å². The maximum atomic E-state index is 12.0. The van der Waals surface area contributed by atoms with Crippen LogP contribution >= 0.6 is 0 Å². The first-order chi connectivity index (χ1) is 8.81. The van der Waals surface area contributed by atoms with E-state index in [0.29, 0.717) is 12.1 Å². The van der Waals surface area contributed by atoms with E-state index in [-0.39, 0.29) is 5.91 Å². The first kappa shape index (κ1) is 12.2. The van der Waals surface area contributed by atoms with Crippen molar-refractivity contribution < 1.29 is 4.79 Å². The Hall–Kier alpha value is -2.30. The molecule has 0 aliphatic rings. The molecule has 0 spiro atoms. The molecule has 2 aromatic rings. The van der Waals surface area contributed by atoms with Gasteiger partial charge in [0.05, 0.1) is 12.1 Å². The average Bonchev–Trinajstić information content (AvgIpc) is 2.90. The van der Waals surface area contributed by atoms with Gasteiger partial charge < -0.3 is 15.6 Å². The van der Waals surface area contributed by atoms with Crippen LogP contribution in [-0.4, -0.2) is 22.4 Å². The van der Waals surface area contributed by atoms with Crippen LogP contribution in [0.5, 0.6) is 0 Å². The number of amides is 1. The first-order valence-electron chi connectivity index (χ1n) is 5.90.